The molecule has 0 nitrogen and oxygen atoms in total. The Kier molecular flexibility index (Phi) is 3.43. The van der Waals surface area contributed by atoms with Gasteiger partial charge in [-0.15, -0.1) is 11.6 Å². The van der Waals surface area contributed by atoms with E-state index in [0.29, 0.717) is 16.7 Å². The zero-order chi connectivity index (χ0) is 12.4. The van der Waals surface area contributed by atoms with Gasteiger partial charge in [0.1, 0.15) is 11.6 Å². The molecular weight excluding hydrogens is 242 g/mol. The molecule has 88 valence electrons. The van der Waals surface area contributed by atoms with Gasteiger partial charge in [0.25, 0.3) is 0 Å². The van der Waals surface area contributed by atoms with Crippen molar-refractivity contribution in [3.05, 3.63) is 70.8 Å². The number of aryl methyl sites for hydroxylation is 1. The Balaban J connectivity index is 2.40. The molecule has 0 radical (unpaired) electrons. The van der Waals surface area contributed by atoms with Crippen LogP contribution < -0.4 is 0 Å². The van der Waals surface area contributed by atoms with Crippen LogP contribution in [0.5, 0.6) is 0 Å². The van der Waals surface area contributed by atoms with Gasteiger partial charge < -0.3 is 0 Å². The summed E-state index contributed by atoms with van der Waals surface area (Å²) in [5.74, 6) is -0.638. The van der Waals surface area contributed by atoms with E-state index in [1.54, 1.807) is 37.3 Å². The van der Waals surface area contributed by atoms with Gasteiger partial charge in [-0.2, -0.15) is 0 Å². The summed E-state index contributed by atoms with van der Waals surface area (Å²) >= 11 is 6.20. The van der Waals surface area contributed by atoms with Crippen molar-refractivity contribution in [2.45, 2.75) is 12.3 Å². The summed E-state index contributed by atoms with van der Waals surface area (Å²) in [7, 11) is 0. The molecule has 0 heterocycles. The Bertz CT molecular complexity index is 537. The highest BCUT2D eigenvalue weighted by atomic mass is 35.5. The van der Waals surface area contributed by atoms with Gasteiger partial charge in [0, 0.05) is 5.56 Å². The number of hydrogen-bond acceptors (Lipinski definition) is 0. The van der Waals surface area contributed by atoms with Crippen molar-refractivity contribution in [2.75, 3.05) is 0 Å². The predicted octanol–water partition coefficient (Wildman–Crippen LogP) is 4.60. The van der Waals surface area contributed by atoms with E-state index in [9.17, 15) is 8.78 Å². The summed E-state index contributed by atoms with van der Waals surface area (Å²) in [5.41, 5.74) is 1.60. The maximum atomic E-state index is 13.5. The van der Waals surface area contributed by atoms with Crippen LogP contribution in [0.25, 0.3) is 0 Å². The lowest BCUT2D eigenvalue weighted by Crippen LogP contribution is -1.98. The van der Waals surface area contributed by atoms with Crippen LogP contribution in [0.4, 0.5) is 8.78 Å². The molecule has 1 unspecified atom stereocenters. The third kappa shape index (κ3) is 2.47. The zero-order valence-corrected chi connectivity index (χ0v) is 10.0. The maximum Gasteiger partial charge on any atom is 0.128 e. The largest absolute Gasteiger partial charge is 0.207 e. The molecule has 0 bridgehead atoms. The van der Waals surface area contributed by atoms with Crippen LogP contribution in [0.1, 0.15) is 22.1 Å². The van der Waals surface area contributed by atoms with Crippen LogP contribution in [-0.2, 0) is 0 Å². The van der Waals surface area contributed by atoms with Crippen LogP contribution >= 0.6 is 11.6 Å². The fourth-order valence-corrected chi connectivity index (χ4v) is 2.00. The zero-order valence-electron chi connectivity index (χ0n) is 9.25. The Morgan fingerprint density at radius 3 is 2.35 bits per heavy atom. The van der Waals surface area contributed by atoms with Gasteiger partial charge in [-0.05, 0) is 30.2 Å². The fourth-order valence-electron chi connectivity index (χ4n) is 1.69. The first-order chi connectivity index (χ1) is 8.09. The van der Waals surface area contributed by atoms with E-state index < -0.39 is 5.38 Å². The quantitative estimate of drug-likeness (QED) is 0.685. The summed E-state index contributed by atoms with van der Waals surface area (Å²) in [6, 6.07) is 10.9. The van der Waals surface area contributed by atoms with Crippen LogP contribution in [-0.4, -0.2) is 0 Å². The topological polar surface area (TPSA) is 0 Å². The molecule has 0 aliphatic rings. The summed E-state index contributed by atoms with van der Waals surface area (Å²) < 4.78 is 26.7. The fraction of sp³-hybridized carbons (Fsp3) is 0.143. The van der Waals surface area contributed by atoms with E-state index in [-0.39, 0.29) is 11.6 Å². The molecule has 3 heteroatoms. The minimum Gasteiger partial charge on any atom is -0.207 e. The number of alkyl halides is 1. The number of hydrogen-bond donors (Lipinski definition) is 0. The molecule has 0 aliphatic heterocycles. The Morgan fingerprint density at radius 2 is 1.71 bits per heavy atom. The molecule has 0 aromatic heterocycles. The van der Waals surface area contributed by atoms with E-state index >= 15 is 0 Å². The Hall–Kier alpha value is -1.41. The average Bonchev–Trinajstić information content (AvgIpc) is 2.32. The molecule has 0 N–H and O–H groups in total. The highest BCUT2D eigenvalue weighted by Crippen LogP contribution is 2.31. The number of benzene rings is 2. The molecular formula is C14H11ClF2. The minimum atomic E-state index is -0.601. The van der Waals surface area contributed by atoms with Crippen molar-refractivity contribution in [2.24, 2.45) is 0 Å². The molecule has 0 saturated carbocycles. The van der Waals surface area contributed by atoms with Crippen molar-refractivity contribution in [1.29, 1.82) is 0 Å². The number of halogens is 3. The van der Waals surface area contributed by atoms with Crippen molar-refractivity contribution in [3.8, 4) is 0 Å². The van der Waals surface area contributed by atoms with E-state index in [1.165, 1.54) is 12.1 Å². The van der Waals surface area contributed by atoms with E-state index in [0.717, 1.165) is 0 Å². The van der Waals surface area contributed by atoms with E-state index in [2.05, 4.69) is 0 Å². The SMILES string of the molecule is Cc1cc(C(Cl)c2ccccc2F)ccc1F. The van der Waals surface area contributed by atoms with Gasteiger partial charge >= 0.3 is 0 Å². The van der Waals surface area contributed by atoms with Gasteiger partial charge in [-0.25, -0.2) is 8.78 Å². The third-order valence-electron chi connectivity index (χ3n) is 2.65. The molecule has 1 atom stereocenters. The highest BCUT2D eigenvalue weighted by molar-refractivity contribution is 6.22. The van der Waals surface area contributed by atoms with Gasteiger partial charge in [-0.3, -0.25) is 0 Å². The molecule has 17 heavy (non-hydrogen) atoms. The lowest BCUT2D eigenvalue weighted by Gasteiger charge is -2.12. The van der Waals surface area contributed by atoms with E-state index in [4.69, 9.17) is 11.6 Å². The maximum absolute atomic E-state index is 13.5. The van der Waals surface area contributed by atoms with Crippen molar-refractivity contribution >= 4 is 11.6 Å². The van der Waals surface area contributed by atoms with Gasteiger partial charge in [-0.1, -0.05) is 30.3 Å². The molecule has 2 aromatic rings. The van der Waals surface area contributed by atoms with Crippen molar-refractivity contribution < 1.29 is 8.78 Å². The van der Waals surface area contributed by atoms with E-state index in [1.807, 2.05) is 0 Å². The Labute approximate surface area is 104 Å². The average molecular weight is 253 g/mol. The second kappa shape index (κ2) is 4.84. The molecule has 0 aliphatic carbocycles. The summed E-state index contributed by atoms with van der Waals surface area (Å²) in [6.07, 6.45) is 0. The molecule has 0 amide bonds. The lowest BCUT2D eigenvalue weighted by molar-refractivity contribution is 0.610. The molecule has 2 rings (SSSR count). The molecule has 2 aromatic carbocycles. The lowest BCUT2D eigenvalue weighted by atomic mass is 10.0. The smallest absolute Gasteiger partial charge is 0.128 e. The van der Waals surface area contributed by atoms with Gasteiger partial charge in [0.15, 0.2) is 0 Å². The van der Waals surface area contributed by atoms with Crippen molar-refractivity contribution in [3.63, 3.8) is 0 Å². The van der Waals surface area contributed by atoms with Crippen LogP contribution in [0.3, 0.4) is 0 Å². The molecule has 0 spiro atoms. The first-order valence-corrected chi connectivity index (χ1v) is 5.68. The monoisotopic (exact) mass is 252 g/mol. The van der Waals surface area contributed by atoms with Crippen LogP contribution in [0, 0.1) is 18.6 Å². The first-order valence-electron chi connectivity index (χ1n) is 5.24. The van der Waals surface area contributed by atoms with Gasteiger partial charge in [0.2, 0.25) is 0 Å². The summed E-state index contributed by atoms with van der Waals surface area (Å²) in [5, 5.41) is -0.601. The van der Waals surface area contributed by atoms with Gasteiger partial charge in [0.05, 0.1) is 5.38 Å². The summed E-state index contributed by atoms with van der Waals surface area (Å²) in [6.45, 7) is 1.66. The number of rotatable bonds is 2. The van der Waals surface area contributed by atoms with Crippen molar-refractivity contribution in [1.82, 2.24) is 0 Å². The first kappa shape index (κ1) is 12.1. The minimum absolute atomic E-state index is 0.286. The molecule has 0 saturated heterocycles. The second-order valence-corrected chi connectivity index (χ2v) is 4.33. The molecule has 0 fully saturated rings. The standard InChI is InChI=1S/C14H11ClF2/c1-9-8-10(6-7-12(9)16)14(15)11-4-2-3-5-13(11)17/h2-8,14H,1H3. The predicted molar refractivity (Wildman–Crippen MR) is 65.2 cm³/mol. The van der Waals surface area contributed by atoms with Crippen LogP contribution in [0.2, 0.25) is 0 Å². The Morgan fingerprint density at radius 1 is 1.00 bits per heavy atom. The third-order valence-corrected chi connectivity index (χ3v) is 3.14. The normalized spacial score (nSPS) is 12.5. The van der Waals surface area contributed by atoms with Crippen LogP contribution in [0.15, 0.2) is 42.5 Å². The summed E-state index contributed by atoms with van der Waals surface area (Å²) in [4.78, 5) is 0. The highest BCUT2D eigenvalue weighted by Gasteiger charge is 2.15. The second-order valence-electron chi connectivity index (χ2n) is 3.89.